The smallest absolute Gasteiger partial charge is 0.00159 e. The van der Waals surface area contributed by atoms with Crippen molar-refractivity contribution < 1.29 is 0 Å². The van der Waals surface area contributed by atoms with E-state index in [-0.39, 0.29) is 0 Å². The number of hydrogen-bond donors (Lipinski definition) is 0. The first-order valence-electron chi connectivity index (χ1n) is 6.37. The quantitative estimate of drug-likeness (QED) is 0.518. The second-order valence-corrected chi connectivity index (χ2v) is 3.77. The SMILES string of the molecule is CCC=CCCN(CC)CCC=CCC. The van der Waals surface area contributed by atoms with Crippen molar-refractivity contribution in [3.63, 3.8) is 0 Å². The molecule has 0 aliphatic rings. The molecular weight excluding hydrogens is 182 g/mol. The Morgan fingerprint density at radius 3 is 1.53 bits per heavy atom. The highest BCUT2D eigenvalue weighted by Crippen LogP contribution is 1.97. The molecule has 0 spiro atoms. The summed E-state index contributed by atoms with van der Waals surface area (Å²) in [6.45, 7) is 10.2. The maximum atomic E-state index is 2.51. The van der Waals surface area contributed by atoms with Gasteiger partial charge in [-0.1, -0.05) is 45.1 Å². The lowest BCUT2D eigenvalue weighted by Crippen LogP contribution is -2.25. The summed E-state index contributed by atoms with van der Waals surface area (Å²) in [5.41, 5.74) is 0. The van der Waals surface area contributed by atoms with E-state index in [0.717, 1.165) is 12.8 Å². The summed E-state index contributed by atoms with van der Waals surface area (Å²) < 4.78 is 0. The first kappa shape index (κ1) is 14.4. The van der Waals surface area contributed by atoms with E-state index in [9.17, 15) is 0 Å². The average molecular weight is 209 g/mol. The summed E-state index contributed by atoms with van der Waals surface area (Å²) >= 11 is 0. The Balaban J connectivity index is 3.54. The van der Waals surface area contributed by atoms with E-state index < -0.39 is 0 Å². The van der Waals surface area contributed by atoms with Gasteiger partial charge in [0.2, 0.25) is 0 Å². The molecule has 0 aromatic carbocycles. The lowest BCUT2D eigenvalue weighted by molar-refractivity contribution is 0.299. The van der Waals surface area contributed by atoms with Gasteiger partial charge in [-0.3, -0.25) is 0 Å². The maximum Gasteiger partial charge on any atom is 0.00159 e. The summed E-state index contributed by atoms with van der Waals surface area (Å²) in [5, 5.41) is 0. The van der Waals surface area contributed by atoms with E-state index in [0.29, 0.717) is 0 Å². The second kappa shape index (κ2) is 11.5. The van der Waals surface area contributed by atoms with E-state index in [1.54, 1.807) is 0 Å². The average Bonchev–Trinajstić information content (AvgIpc) is 2.27. The zero-order valence-corrected chi connectivity index (χ0v) is 10.7. The molecule has 0 aromatic heterocycles. The topological polar surface area (TPSA) is 3.24 Å². The minimum atomic E-state index is 1.16. The molecule has 0 aromatic rings. The molecular formula is C14H27N. The van der Waals surface area contributed by atoms with E-state index >= 15 is 0 Å². The van der Waals surface area contributed by atoms with E-state index in [4.69, 9.17) is 0 Å². The van der Waals surface area contributed by atoms with Gasteiger partial charge in [0.25, 0.3) is 0 Å². The molecule has 0 bridgehead atoms. The van der Waals surface area contributed by atoms with Crippen LogP contribution in [0.25, 0.3) is 0 Å². The Morgan fingerprint density at radius 1 is 0.733 bits per heavy atom. The van der Waals surface area contributed by atoms with Gasteiger partial charge in [-0.25, -0.2) is 0 Å². The summed E-state index contributed by atoms with van der Waals surface area (Å²) in [7, 11) is 0. The van der Waals surface area contributed by atoms with Crippen molar-refractivity contribution in [3.8, 4) is 0 Å². The second-order valence-electron chi connectivity index (χ2n) is 3.77. The van der Waals surface area contributed by atoms with Crippen LogP contribution in [0.2, 0.25) is 0 Å². The molecule has 0 heterocycles. The Labute approximate surface area is 95.9 Å². The van der Waals surface area contributed by atoms with Crippen LogP contribution in [-0.4, -0.2) is 24.5 Å². The van der Waals surface area contributed by atoms with Crippen molar-refractivity contribution in [1.29, 1.82) is 0 Å². The third-order valence-corrected chi connectivity index (χ3v) is 2.48. The highest BCUT2D eigenvalue weighted by Gasteiger charge is 1.98. The van der Waals surface area contributed by atoms with Crippen LogP contribution >= 0.6 is 0 Å². The normalized spacial score (nSPS) is 12.3. The van der Waals surface area contributed by atoms with Crippen LogP contribution in [0.5, 0.6) is 0 Å². The maximum absolute atomic E-state index is 2.51. The predicted octanol–water partition coefficient (Wildman–Crippen LogP) is 4.02. The van der Waals surface area contributed by atoms with E-state index in [2.05, 4.69) is 50.0 Å². The minimum absolute atomic E-state index is 1.16. The molecule has 0 fully saturated rings. The van der Waals surface area contributed by atoms with Gasteiger partial charge in [0.05, 0.1) is 0 Å². The van der Waals surface area contributed by atoms with Gasteiger partial charge >= 0.3 is 0 Å². The summed E-state index contributed by atoms with van der Waals surface area (Å²) in [6, 6.07) is 0. The van der Waals surface area contributed by atoms with Crippen LogP contribution in [0.3, 0.4) is 0 Å². The Morgan fingerprint density at radius 2 is 1.20 bits per heavy atom. The molecule has 1 nitrogen and oxygen atoms in total. The van der Waals surface area contributed by atoms with Gasteiger partial charge in [0.15, 0.2) is 0 Å². The van der Waals surface area contributed by atoms with Gasteiger partial charge in [-0.05, 0) is 32.2 Å². The zero-order valence-electron chi connectivity index (χ0n) is 10.7. The molecule has 1 heteroatoms. The lowest BCUT2D eigenvalue weighted by atomic mass is 10.3. The van der Waals surface area contributed by atoms with E-state index in [1.807, 2.05) is 0 Å². The van der Waals surface area contributed by atoms with Crippen LogP contribution in [0, 0.1) is 0 Å². The zero-order chi connectivity index (χ0) is 11.4. The highest BCUT2D eigenvalue weighted by molar-refractivity contribution is 4.83. The summed E-state index contributed by atoms with van der Waals surface area (Å²) in [5.74, 6) is 0. The van der Waals surface area contributed by atoms with Crippen molar-refractivity contribution in [2.45, 2.75) is 46.5 Å². The standard InChI is InChI=1S/C14H27N/c1-4-7-9-11-13-15(6-3)14-12-10-8-5-2/h7-10H,4-6,11-14H2,1-3H3. The first-order chi connectivity index (χ1) is 7.35. The van der Waals surface area contributed by atoms with Crippen LogP contribution < -0.4 is 0 Å². The molecule has 88 valence electrons. The van der Waals surface area contributed by atoms with Crippen molar-refractivity contribution in [1.82, 2.24) is 4.90 Å². The van der Waals surface area contributed by atoms with Crippen LogP contribution in [0.1, 0.15) is 46.5 Å². The molecule has 0 aliphatic carbocycles. The molecule has 0 atom stereocenters. The third kappa shape index (κ3) is 9.74. The number of hydrogen-bond acceptors (Lipinski definition) is 1. The fraction of sp³-hybridized carbons (Fsp3) is 0.714. The Hall–Kier alpha value is -0.560. The fourth-order valence-electron chi connectivity index (χ4n) is 1.51. The Kier molecular flexibility index (Phi) is 11.1. The minimum Gasteiger partial charge on any atom is -0.303 e. The molecule has 0 saturated carbocycles. The van der Waals surface area contributed by atoms with Crippen LogP contribution in [0.15, 0.2) is 24.3 Å². The largest absolute Gasteiger partial charge is 0.303 e. The number of allylic oxidation sites excluding steroid dienone is 2. The van der Waals surface area contributed by atoms with Gasteiger partial charge in [-0.15, -0.1) is 0 Å². The van der Waals surface area contributed by atoms with Gasteiger partial charge < -0.3 is 4.90 Å². The Bertz CT molecular complexity index is 152. The van der Waals surface area contributed by atoms with Crippen molar-refractivity contribution >= 4 is 0 Å². The van der Waals surface area contributed by atoms with Crippen molar-refractivity contribution in [2.24, 2.45) is 0 Å². The van der Waals surface area contributed by atoms with Crippen LogP contribution in [-0.2, 0) is 0 Å². The molecule has 0 N–H and O–H groups in total. The number of rotatable bonds is 9. The molecule has 0 aliphatic heterocycles. The van der Waals surface area contributed by atoms with Crippen molar-refractivity contribution in [2.75, 3.05) is 19.6 Å². The van der Waals surface area contributed by atoms with E-state index in [1.165, 1.54) is 32.5 Å². The molecule has 0 amide bonds. The number of nitrogens with zero attached hydrogens (tertiary/aromatic N) is 1. The third-order valence-electron chi connectivity index (χ3n) is 2.48. The predicted molar refractivity (Wildman–Crippen MR) is 70.2 cm³/mol. The molecule has 0 radical (unpaired) electrons. The van der Waals surface area contributed by atoms with Crippen LogP contribution in [0.4, 0.5) is 0 Å². The molecule has 0 rings (SSSR count). The van der Waals surface area contributed by atoms with Gasteiger partial charge in [-0.2, -0.15) is 0 Å². The summed E-state index contributed by atoms with van der Waals surface area (Å²) in [6.07, 6.45) is 13.8. The fourth-order valence-corrected chi connectivity index (χ4v) is 1.51. The highest BCUT2D eigenvalue weighted by atomic mass is 15.1. The van der Waals surface area contributed by atoms with Gasteiger partial charge in [0, 0.05) is 13.1 Å². The molecule has 0 unspecified atom stereocenters. The lowest BCUT2D eigenvalue weighted by Gasteiger charge is -2.18. The monoisotopic (exact) mass is 209 g/mol. The summed E-state index contributed by atoms with van der Waals surface area (Å²) in [4.78, 5) is 2.51. The van der Waals surface area contributed by atoms with Gasteiger partial charge in [0.1, 0.15) is 0 Å². The van der Waals surface area contributed by atoms with Crippen molar-refractivity contribution in [3.05, 3.63) is 24.3 Å². The molecule has 0 saturated heterocycles. The molecule has 15 heavy (non-hydrogen) atoms. The first-order valence-corrected chi connectivity index (χ1v) is 6.37.